The van der Waals surface area contributed by atoms with E-state index in [1.807, 2.05) is 79.7 Å². The molecule has 0 saturated heterocycles. The monoisotopic (exact) mass is 396 g/mol. The maximum Gasteiger partial charge on any atom is 0.176 e. The highest BCUT2D eigenvalue weighted by molar-refractivity contribution is 8.00. The molecule has 29 heavy (non-hydrogen) atoms. The fourth-order valence-electron chi connectivity index (χ4n) is 3.23. The highest BCUT2D eigenvalue weighted by Crippen LogP contribution is 2.40. The number of nitrogens with zero attached hydrogens (tertiary/aromatic N) is 2. The summed E-state index contributed by atoms with van der Waals surface area (Å²) in [6, 6.07) is 30.6. The van der Waals surface area contributed by atoms with Gasteiger partial charge in [0.15, 0.2) is 5.78 Å². The summed E-state index contributed by atoms with van der Waals surface area (Å²) in [6.07, 6.45) is 0. The van der Waals surface area contributed by atoms with Crippen LogP contribution in [-0.2, 0) is 0 Å². The van der Waals surface area contributed by atoms with Gasteiger partial charge in [-0.1, -0.05) is 78.4 Å². The van der Waals surface area contributed by atoms with Crippen LogP contribution in [0.5, 0.6) is 0 Å². The fourth-order valence-corrected chi connectivity index (χ4v) is 4.52. The Bertz CT molecular complexity index is 1020. The van der Waals surface area contributed by atoms with Gasteiger partial charge in [0, 0.05) is 16.4 Å². The quantitative estimate of drug-likeness (QED) is 0.375. The summed E-state index contributed by atoms with van der Waals surface area (Å²) in [5.41, 5.74) is 2.52. The zero-order valence-electron chi connectivity index (χ0n) is 16.0. The van der Waals surface area contributed by atoms with Crippen LogP contribution in [0, 0.1) is 35.5 Å². The summed E-state index contributed by atoms with van der Waals surface area (Å²) >= 11 is 1.41. The zero-order valence-corrected chi connectivity index (χ0v) is 16.8. The third-order valence-corrected chi connectivity index (χ3v) is 6.05. The fraction of sp³-hybridized carbons (Fsp3) is 0.160. The molecule has 0 aromatic heterocycles. The van der Waals surface area contributed by atoms with Crippen LogP contribution in [-0.4, -0.2) is 11.0 Å². The van der Waals surface area contributed by atoms with Crippen LogP contribution in [0.3, 0.4) is 0 Å². The first-order valence-electron chi connectivity index (χ1n) is 9.31. The molecule has 0 unspecified atom stereocenters. The molecule has 0 heterocycles. The van der Waals surface area contributed by atoms with Crippen LogP contribution in [0.2, 0.25) is 0 Å². The van der Waals surface area contributed by atoms with Crippen molar-refractivity contribution >= 4 is 17.5 Å². The summed E-state index contributed by atoms with van der Waals surface area (Å²) in [7, 11) is 0. The molecule has 0 amide bonds. The summed E-state index contributed by atoms with van der Waals surface area (Å²) in [4.78, 5) is 14.5. The van der Waals surface area contributed by atoms with Crippen molar-refractivity contribution in [3.8, 4) is 12.1 Å². The van der Waals surface area contributed by atoms with Crippen LogP contribution < -0.4 is 0 Å². The first-order chi connectivity index (χ1) is 14.1. The molecule has 3 nitrogen and oxygen atoms in total. The van der Waals surface area contributed by atoms with E-state index in [2.05, 4.69) is 12.1 Å². The van der Waals surface area contributed by atoms with E-state index in [1.165, 1.54) is 11.8 Å². The minimum Gasteiger partial charge on any atom is -0.293 e. The maximum atomic E-state index is 13.5. The van der Waals surface area contributed by atoms with Crippen LogP contribution in [0.4, 0.5) is 0 Å². The zero-order chi connectivity index (χ0) is 20.6. The Morgan fingerprint density at radius 1 is 0.828 bits per heavy atom. The Morgan fingerprint density at radius 2 is 1.38 bits per heavy atom. The highest BCUT2D eigenvalue weighted by atomic mass is 32.2. The van der Waals surface area contributed by atoms with Gasteiger partial charge in [0.2, 0.25) is 0 Å². The Kier molecular flexibility index (Phi) is 6.85. The average molecular weight is 397 g/mol. The molecule has 3 aromatic carbocycles. The predicted octanol–water partition coefficient (Wildman–Crippen LogP) is 5.79. The molecule has 0 spiro atoms. The number of benzene rings is 3. The van der Waals surface area contributed by atoms with Crippen LogP contribution in [0.1, 0.15) is 27.4 Å². The van der Waals surface area contributed by atoms with Crippen molar-refractivity contribution in [1.29, 1.82) is 10.5 Å². The number of hydrogen-bond acceptors (Lipinski definition) is 4. The van der Waals surface area contributed by atoms with Gasteiger partial charge >= 0.3 is 0 Å². The molecular formula is C25H20N2OS. The van der Waals surface area contributed by atoms with Crippen LogP contribution in [0.15, 0.2) is 89.8 Å². The lowest BCUT2D eigenvalue weighted by Crippen LogP contribution is -2.30. The van der Waals surface area contributed by atoms with Gasteiger partial charge in [0.25, 0.3) is 0 Å². The minimum absolute atomic E-state index is 0.0828. The van der Waals surface area contributed by atoms with E-state index in [9.17, 15) is 15.3 Å². The Hall–Kier alpha value is -3.34. The van der Waals surface area contributed by atoms with Crippen molar-refractivity contribution in [3.05, 3.63) is 102 Å². The molecule has 2 atom stereocenters. The van der Waals surface area contributed by atoms with Gasteiger partial charge in [-0.3, -0.25) is 4.79 Å². The molecule has 3 aromatic rings. The third kappa shape index (κ3) is 4.93. The number of carbonyl (C=O) groups excluding carboxylic acids is 1. The van der Waals surface area contributed by atoms with E-state index >= 15 is 0 Å². The smallest absolute Gasteiger partial charge is 0.176 e. The average Bonchev–Trinajstić information content (AvgIpc) is 2.78. The second-order valence-electron chi connectivity index (χ2n) is 6.75. The molecule has 0 bridgehead atoms. The molecule has 0 N–H and O–H groups in total. The number of aryl methyl sites for hydroxylation is 1. The lowest BCUT2D eigenvalue weighted by atomic mass is 9.82. The Morgan fingerprint density at radius 3 is 1.93 bits per heavy atom. The maximum absolute atomic E-state index is 13.5. The normalized spacial score (nSPS) is 12.6. The van der Waals surface area contributed by atoms with Gasteiger partial charge in [0.1, 0.15) is 5.92 Å². The molecule has 142 valence electrons. The van der Waals surface area contributed by atoms with E-state index < -0.39 is 17.1 Å². The molecule has 4 heteroatoms. The summed E-state index contributed by atoms with van der Waals surface area (Å²) in [5, 5.41) is 18.7. The first kappa shape index (κ1) is 20.4. The standard InChI is InChI=1S/C25H20N2OS/c1-18-12-14-22(15-13-18)29-25(24(28)20-10-6-3-7-11-20)23(21(16-26)17-27)19-8-4-2-5-9-19/h2-15,21,23,25H,1H3/t23-,25+/m0/s1. The number of nitriles is 2. The number of ketones is 1. The summed E-state index contributed by atoms with van der Waals surface area (Å²) < 4.78 is 0. The molecular weight excluding hydrogens is 376 g/mol. The van der Waals surface area contributed by atoms with Gasteiger partial charge in [-0.25, -0.2) is 0 Å². The lowest BCUT2D eigenvalue weighted by Gasteiger charge is -2.27. The second-order valence-corrected chi connectivity index (χ2v) is 7.97. The molecule has 0 radical (unpaired) electrons. The Balaban J connectivity index is 2.10. The lowest BCUT2D eigenvalue weighted by molar-refractivity contribution is 0.0978. The van der Waals surface area contributed by atoms with Gasteiger partial charge in [0.05, 0.1) is 17.4 Å². The van der Waals surface area contributed by atoms with Crippen LogP contribution in [0.25, 0.3) is 0 Å². The van der Waals surface area contributed by atoms with Gasteiger partial charge in [-0.15, -0.1) is 11.8 Å². The summed E-state index contributed by atoms with van der Waals surface area (Å²) in [6.45, 7) is 2.01. The molecule has 0 aliphatic rings. The number of Topliss-reactive ketones (excluding diaryl/α,β-unsaturated/α-hetero) is 1. The van der Waals surface area contributed by atoms with E-state index in [1.54, 1.807) is 12.1 Å². The van der Waals surface area contributed by atoms with Crippen LogP contribution >= 0.6 is 11.8 Å². The predicted molar refractivity (Wildman–Crippen MR) is 115 cm³/mol. The molecule has 0 aliphatic carbocycles. The van der Waals surface area contributed by atoms with Crippen molar-refractivity contribution in [2.45, 2.75) is 23.0 Å². The topological polar surface area (TPSA) is 64.7 Å². The molecule has 0 fully saturated rings. The van der Waals surface area contributed by atoms with Gasteiger partial charge in [-0.2, -0.15) is 10.5 Å². The minimum atomic E-state index is -0.937. The van der Waals surface area contributed by atoms with Crippen molar-refractivity contribution in [2.24, 2.45) is 5.92 Å². The van der Waals surface area contributed by atoms with E-state index in [4.69, 9.17) is 0 Å². The van der Waals surface area contributed by atoms with Crippen molar-refractivity contribution in [1.82, 2.24) is 0 Å². The molecule has 0 aliphatic heterocycles. The second kappa shape index (κ2) is 9.73. The largest absolute Gasteiger partial charge is 0.293 e. The number of rotatable bonds is 7. The van der Waals surface area contributed by atoms with Gasteiger partial charge in [-0.05, 0) is 24.6 Å². The van der Waals surface area contributed by atoms with Crippen molar-refractivity contribution < 1.29 is 4.79 Å². The van der Waals surface area contributed by atoms with Crippen molar-refractivity contribution in [3.63, 3.8) is 0 Å². The van der Waals surface area contributed by atoms with E-state index in [-0.39, 0.29) is 5.78 Å². The Labute approximate surface area is 175 Å². The SMILES string of the molecule is Cc1ccc(S[C@@H](C(=O)c2ccccc2)[C@@H](c2ccccc2)C(C#N)C#N)cc1. The third-order valence-electron chi connectivity index (χ3n) is 4.75. The highest BCUT2D eigenvalue weighted by Gasteiger charge is 2.37. The van der Waals surface area contributed by atoms with Gasteiger partial charge < -0.3 is 0 Å². The van der Waals surface area contributed by atoms with E-state index in [0.717, 1.165) is 16.0 Å². The number of carbonyl (C=O) groups is 1. The molecule has 0 saturated carbocycles. The number of hydrogen-bond donors (Lipinski definition) is 0. The van der Waals surface area contributed by atoms with E-state index in [0.29, 0.717) is 5.56 Å². The van der Waals surface area contributed by atoms with Crippen molar-refractivity contribution in [2.75, 3.05) is 0 Å². The molecule has 3 rings (SSSR count). The summed E-state index contributed by atoms with van der Waals surface area (Å²) in [5.74, 6) is -1.57. The number of thioether (sulfide) groups is 1. The first-order valence-corrected chi connectivity index (χ1v) is 10.2.